The molecule has 2 aromatic rings. The van der Waals surface area contributed by atoms with Crippen LogP contribution in [0, 0.1) is 0 Å². The van der Waals surface area contributed by atoms with E-state index in [0.717, 1.165) is 23.5 Å². The highest BCUT2D eigenvalue weighted by molar-refractivity contribution is 7.14. The quantitative estimate of drug-likeness (QED) is 0.799. The van der Waals surface area contributed by atoms with Gasteiger partial charge in [0.25, 0.3) is 0 Å². The van der Waals surface area contributed by atoms with Crippen molar-refractivity contribution >= 4 is 28.9 Å². The third-order valence-electron chi connectivity index (χ3n) is 3.23. The van der Waals surface area contributed by atoms with Crippen LogP contribution in [0.2, 0.25) is 5.15 Å². The van der Waals surface area contributed by atoms with Crippen molar-refractivity contribution in [3.05, 3.63) is 44.6 Å². The highest BCUT2D eigenvalue weighted by Crippen LogP contribution is 2.40. The number of ether oxygens (including phenoxy) is 1. The summed E-state index contributed by atoms with van der Waals surface area (Å²) in [5, 5.41) is 1.05. The Morgan fingerprint density at radius 1 is 1.58 bits per heavy atom. The summed E-state index contributed by atoms with van der Waals surface area (Å²) in [5.74, 6) is -0.301. The molecule has 98 valence electrons. The first kappa shape index (κ1) is 12.6. The van der Waals surface area contributed by atoms with E-state index in [9.17, 15) is 4.79 Å². The maximum absolute atomic E-state index is 11.6. The minimum atomic E-state index is -0.437. The summed E-state index contributed by atoms with van der Waals surface area (Å²) >= 11 is 7.30. The van der Waals surface area contributed by atoms with Gasteiger partial charge in [-0.2, -0.15) is 0 Å². The molecule has 1 aliphatic carbocycles. The third-order valence-corrected chi connectivity index (χ3v) is 4.76. The van der Waals surface area contributed by atoms with Gasteiger partial charge in [0.2, 0.25) is 0 Å². The summed E-state index contributed by atoms with van der Waals surface area (Å²) in [6.07, 6.45) is 3.73. The van der Waals surface area contributed by atoms with E-state index in [1.165, 1.54) is 24.0 Å². The molecular weight excluding hydrogens is 284 g/mol. The number of rotatable bonds is 2. The van der Waals surface area contributed by atoms with E-state index in [1.807, 2.05) is 6.07 Å². The van der Waals surface area contributed by atoms with Crippen LogP contribution >= 0.6 is 22.9 Å². The average Bonchev–Trinajstić information content (AvgIpc) is 3.01. The molecule has 0 amide bonds. The Morgan fingerprint density at radius 3 is 3.21 bits per heavy atom. The van der Waals surface area contributed by atoms with Gasteiger partial charge in [0.1, 0.15) is 5.01 Å². The molecular formula is C13H11ClN2O2S. The van der Waals surface area contributed by atoms with Crippen molar-refractivity contribution in [3.63, 3.8) is 0 Å². The SMILES string of the molecule is COC(=O)c1sc(C2CCc3cccnc32)nc1Cl. The van der Waals surface area contributed by atoms with Crippen LogP contribution < -0.4 is 0 Å². The van der Waals surface area contributed by atoms with Gasteiger partial charge in [-0.3, -0.25) is 4.98 Å². The molecule has 1 unspecified atom stereocenters. The second-order valence-corrected chi connectivity index (χ2v) is 5.69. The number of thiazole rings is 1. The van der Waals surface area contributed by atoms with Crippen molar-refractivity contribution in [1.29, 1.82) is 0 Å². The molecule has 0 aliphatic heterocycles. The topological polar surface area (TPSA) is 52.1 Å². The van der Waals surface area contributed by atoms with Gasteiger partial charge >= 0.3 is 5.97 Å². The lowest BCUT2D eigenvalue weighted by molar-refractivity contribution is 0.0606. The monoisotopic (exact) mass is 294 g/mol. The van der Waals surface area contributed by atoms with Crippen molar-refractivity contribution in [1.82, 2.24) is 9.97 Å². The zero-order chi connectivity index (χ0) is 13.4. The molecule has 0 radical (unpaired) electrons. The Hall–Kier alpha value is -1.46. The fourth-order valence-corrected chi connectivity index (χ4v) is 3.69. The number of fused-ring (bicyclic) bond motifs is 1. The number of carbonyl (C=O) groups excluding carboxylic acids is 1. The second-order valence-electron chi connectivity index (χ2n) is 4.30. The number of halogens is 1. The number of esters is 1. The summed E-state index contributed by atoms with van der Waals surface area (Å²) in [7, 11) is 1.34. The smallest absolute Gasteiger partial charge is 0.351 e. The number of pyridine rings is 1. The molecule has 0 aromatic carbocycles. The van der Waals surface area contributed by atoms with E-state index in [1.54, 1.807) is 6.20 Å². The first-order chi connectivity index (χ1) is 9.20. The molecule has 19 heavy (non-hydrogen) atoms. The van der Waals surface area contributed by atoms with Crippen molar-refractivity contribution in [2.75, 3.05) is 7.11 Å². The Bertz CT molecular complexity index is 641. The normalized spacial score (nSPS) is 17.3. The van der Waals surface area contributed by atoms with Crippen LogP contribution in [0.3, 0.4) is 0 Å². The van der Waals surface area contributed by atoms with E-state index in [2.05, 4.69) is 16.0 Å². The molecule has 0 spiro atoms. The van der Waals surface area contributed by atoms with Gasteiger partial charge in [-0.05, 0) is 24.5 Å². The molecule has 0 saturated heterocycles. The summed E-state index contributed by atoms with van der Waals surface area (Å²) in [6.45, 7) is 0. The van der Waals surface area contributed by atoms with Crippen LogP contribution in [0.4, 0.5) is 0 Å². The summed E-state index contributed by atoms with van der Waals surface area (Å²) in [4.78, 5) is 20.7. The Kier molecular flexibility index (Phi) is 3.24. The highest BCUT2D eigenvalue weighted by Gasteiger charge is 2.29. The Morgan fingerprint density at radius 2 is 2.42 bits per heavy atom. The molecule has 1 atom stereocenters. The van der Waals surface area contributed by atoms with Crippen LogP contribution in [0.25, 0.3) is 0 Å². The van der Waals surface area contributed by atoms with Gasteiger partial charge in [0, 0.05) is 6.20 Å². The van der Waals surface area contributed by atoms with Crippen LogP contribution in [-0.4, -0.2) is 23.0 Å². The number of nitrogens with zero attached hydrogens (tertiary/aromatic N) is 2. The van der Waals surface area contributed by atoms with Gasteiger partial charge < -0.3 is 4.74 Å². The average molecular weight is 295 g/mol. The van der Waals surface area contributed by atoms with Crippen LogP contribution in [0.5, 0.6) is 0 Å². The summed E-state index contributed by atoms with van der Waals surface area (Å²) in [6, 6.07) is 4.02. The number of aryl methyl sites for hydroxylation is 1. The molecule has 3 rings (SSSR count). The fraction of sp³-hybridized carbons (Fsp3) is 0.308. The Labute approximate surface area is 119 Å². The van der Waals surface area contributed by atoms with Crippen molar-refractivity contribution < 1.29 is 9.53 Å². The van der Waals surface area contributed by atoms with Crippen molar-refractivity contribution in [2.45, 2.75) is 18.8 Å². The molecule has 2 aromatic heterocycles. The third kappa shape index (κ3) is 2.13. The number of hydrogen-bond donors (Lipinski definition) is 0. The number of carbonyl (C=O) groups is 1. The molecule has 0 bridgehead atoms. The molecule has 0 fully saturated rings. The van der Waals surface area contributed by atoms with Crippen LogP contribution in [0.1, 0.15) is 38.3 Å². The first-order valence-electron chi connectivity index (χ1n) is 5.89. The van der Waals surface area contributed by atoms with Gasteiger partial charge in [0.05, 0.1) is 18.7 Å². The lowest BCUT2D eigenvalue weighted by Crippen LogP contribution is -1.98. The predicted octanol–water partition coefficient (Wildman–Crippen LogP) is 3.06. The summed E-state index contributed by atoms with van der Waals surface area (Å²) < 4.78 is 4.69. The second kappa shape index (κ2) is 4.90. The number of hydrogen-bond acceptors (Lipinski definition) is 5. The van der Waals surface area contributed by atoms with Crippen molar-refractivity contribution in [2.24, 2.45) is 0 Å². The lowest BCUT2D eigenvalue weighted by atomic mass is 10.1. The number of aromatic nitrogens is 2. The van der Waals surface area contributed by atoms with Crippen molar-refractivity contribution in [3.8, 4) is 0 Å². The largest absolute Gasteiger partial charge is 0.465 e. The Balaban J connectivity index is 1.99. The molecule has 0 N–H and O–H groups in total. The lowest BCUT2D eigenvalue weighted by Gasteiger charge is -2.05. The van der Waals surface area contributed by atoms with Gasteiger partial charge in [-0.15, -0.1) is 11.3 Å². The molecule has 4 nitrogen and oxygen atoms in total. The van der Waals surface area contributed by atoms with Crippen LogP contribution in [-0.2, 0) is 11.2 Å². The fourth-order valence-electron chi connectivity index (χ4n) is 2.34. The minimum absolute atomic E-state index is 0.136. The summed E-state index contributed by atoms with van der Waals surface area (Å²) in [5.41, 5.74) is 2.29. The maximum Gasteiger partial charge on any atom is 0.351 e. The van der Waals surface area contributed by atoms with E-state index in [-0.39, 0.29) is 11.1 Å². The zero-order valence-electron chi connectivity index (χ0n) is 10.2. The standard InChI is InChI=1S/C13H11ClN2O2S/c1-18-13(17)10-11(14)16-12(19-10)8-5-4-7-3-2-6-15-9(7)8/h2-3,6,8H,4-5H2,1H3. The molecule has 6 heteroatoms. The first-order valence-corrected chi connectivity index (χ1v) is 7.08. The van der Waals surface area contributed by atoms with E-state index < -0.39 is 5.97 Å². The van der Waals surface area contributed by atoms with E-state index >= 15 is 0 Å². The van der Waals surface area contributed by atoms with Crippen LogP contribution in [0.15, 0.2) is 18.3 Å². The molecule has 2 heterocycles. The molecule has 1 aliphatic rings. The van der Waals surface area contributed by atoms with Gasteiger partial charge in [-0.1, -0.05) is 17.7 Å². The number of methoxy groups -OCH3 is 1. The molecule has 0 saturated carbocycles. The van der Waals surface area contributed by atoms with E-state index in [0.29, 0.717) is 4.88 Å². The maximum atomic E-state index is 11.6. The highest BCUT2D eigenvalue weighted by atomic mass is 35.5. The van der Waals surface area contributed by atoms with Gasteiger partial charge in [-0.25, -0.2) is 9.78 Å². The van der Waals surface area contributed by atoms with E-state index in [4.69, 9.17) is 16.3 Å². The minimum Gasteiger partial charge on any atom is -0.465 e. The predicted molar refractivity (Wildman–Crippen MR) is 72.9 cm³/mol. The van der Waals surface area contributed by atoms with Gasteiger partial charge in [0.15, 0.2) is 10.0 Å². The zero-order valence-corrected chi connectivity index (χ0v) is 11.8.